The molecule has 200 valence electrons. The summed E-state index contributed by atoms with van der Waals surface area (Å²) in [5.74, 6) is 0. The Hall–Kier alpha value is -0.0800. The fourth-order valence-electron chi connectivity index (χ4n) is 4.56. The van der Waals surface area contributed by atoms with Crippen molar-refractivity contribution in [1.29, 1.82) is 0 Å². The second-order valence-electron chi connectivity index (χ2n) is 10.4. The van der Waals surface area contributed by atoms with E-state index in [0.29, 0.717) is 0 Å². The van der Waals surface area contributed by atoms with Gasteiger partial charge in [-0.25, -0.2) is 0 Å². The molecule has 0 bridgehead atoms. The third kappa shape index (κ3) is 31.9. The highest BCUT2D eigenvalue weighted by molar-refractivity contribution is 4.50. The van der Waals surface area contributed by atoms with Crippen molar-refractivity contribution in [1.82, 2.24) is 0 Å². The molecule has 0 radical (unpaired) electrons. The molecular formula is C31H64O2. The van der Waals surface area contributed by atoms with Crippen LogP contribution in [0.3, 0.4) is 0 Å². The first kappa shape index (κ1) is 32.9. The lowest BCUT2D eigenvalue weighted by atomic mass is 10.1. The molecule has 0 aromatic rings. The molecule has 2 heteroatoms. The van der Waals surface area contributed by atoms with Crippen LogP contribution < -0.4 is 0 Å². The van der Waals surface area contributed by atoms with Crippen LogP contribution in [0.4, 0.5) is 0 Å². The van der Waals surface area contributed by atoms with Crippen LogP contribution in [0.2, 0.25) is 0 Å². The van der Waals surface area contributed by atoms with Crippen LogP contribution in [-0.2, 0) is 9.47 Å². The fraction of sp³-hybridized carbons (Fsp3) is 1.00. The zero-order valence-corrected chi connectivity index (χ0v) is 23.3. The first-order valence-electron chi connectivity index (χ1n) is 15.6. The summed E-state index contributed by atoms with van der Waals surface area (Å²) in [6.07, 6.45) is 34.8. The summed E-state index contributed by atoms with van der Waals surface area (Å²) in [5.41, 5.74) is 0. The largest absolute Gasteiger partial charge is 0.381 e. The molecule has 0 atom stereocenters. The van der Waals surface area contributed by atoms with Crippen molar-refractivity contribution in [3.63, 3.8) is 0 Å². The molecule has 0 saturated carbocycles. The van der Waals surface area contributed by atoms with E-state index in [2.05, 4.69) is 13.8 Å². The summed E-state index contributed by atoms with van der Waals surface area (Å²) in [5, 5.41) is 0. The summed E-state index contributed by atoms with van der Waals surface area (Å²) in [6, 6.07) is 0. The zero-order valence-electron chi connectivity index (χ0n) is 23.3. The highest BCUT2D eigenvalue weighted by Crippen LogP contribution is 2.13. The summed E-state index contributed by atoms with van der Waals surface area (Å²) >= 11 is 0. The van der Waals surface area contributed by atoms with Crippen molar-refractivity contribution < 1.29 is 9.47 Å². The first-order valence-corrected chi connectivity index (χ1v) is 15.6. The quantitative estimate of drug-likeness (QED) is 0.0975. The van der Waals surface area contributed by atoms with Crippen molar-refractivity contribution >= 4 is 0 Å². The lowest BCUT2D eigenvalue weighted by Crippen LogP contribution is -2.03. The number of ether oxygens (including phenoxy) is 2. The standard InChI is InChI=1S/C31H64O2/c1-3-5-7-9-11-13-15-17-19-21-23-25-28-32-30-27-31-33-29-26-24-22-20-18-16-14-12-10-8-6-4-2/h3-31H2,1-2H3. The molecule has 0 aliphatic carbocycles. The van der Waals surface area contributed by atoms with E-state index in [0.717, 1.165) is 32.8 Å². The van der Waals surface area contributed by atoms with Gasteiger partial charge in [0.05, 0.1) is 0 Å². The van der Waals surface area contributed by atoms with Gasteiger partial charge in [-0.3, -0.25) is 0 Å². The Morgan fingerprint density at radius 1 is 0.242 bits per heavy atom. The maximum atomic E-state index is 5.76. The van der Waals surface area contributed by atoms with Gasteiger partial charge in [0.1, 0.15) is 0 Å². The average molecular weight is 469 g/mol. The van der Waals surface area contributed by atoms with Gasteiger partial charge in [-0.1, -0.05) is 155 Å². The molecule has 0 rings (SSSR count). The Kier molecular flexibility index (Phi) is 31.8. The van der Waals surface area contributed by atoms with E-state index in [1.165, 1.54) is 154 Å². The minimum atomic E-state index is 0.872. The summed E-state index contributed by atoms with van der Waals surface area (Å²) in [6.45, 7) is 8.21. The van der Waals surface area contributed by atoms with Gasteiger partial charge in [0, 0.05) is 26.4 Å². The summed E-state index contributed by atoms with van der Waals surface area (Å²) in [7, 11) is 0. The lowest BCUT2D eigenvalue weighted by molar-refractivity contribution is 0.0794. The SMILES string of the molecule is CCCCCCCCCCCCCCOCCCOCCCCCCCCCCCCCC. The van der Waals surface area contributed by atoms with Crippen molar-refractivity contribution in [3.05, 3.63) is 0 Å². The molecule has 2 nitrogen and oxygen atoms in total. The Morgan fingerprint density at radius 2 is 0.455 bits per heavy atom. The van der Waals surface area contributed by atoms with Crippen LogP contribution in [0, 0.1) is 0 Å². The normalized spacial score (nSPS) is 11.5. The molecular weight excluding hydrogens is 404 g/mol. The Labute approximate surface area is 210 Å². The highest BCUT2D eigenvalue weighted by Gasteiger charge is 1.96. The van der Waals surface area contributed by atoms with Crippen LogP contribution in [0.25, 0.3) is 0 Å². The van der Waals surface area contributed by atoms with Crippen LogP contribution in [0.1, 0.15) is 174 Å². The number of hydrogen-bond donors (Lipinski definition) is 0. The molecule has 0 heterocycles. The minimum Gasteiger partial charge on any atom is -0.381 e. The Bertz CT molecular complexity index is 288. The van der Waals surface area contributed by atoms with Gasteiger partial charge in [-0.2, -0.15) is 0 Å². The van der Waals surface area contributed by atoms with E-state index in [4.69, 9.17) is 9.47 Å². The van der Waals surface area contributed by atoms with Crippen LogP contribution in [0.15, 0.2) is 0 Å². The van der Waals surface area contributed by atoms with Gasteiger partial charge in [0.25, 0.3) is 0 Å². The fourth-order valence-corrected chi connectivity index (χ4v) is 4.56. The third-order valence-electron chi connectivity index (χ3n) is 6.86. The molecule has 0 unspecified atom stereocenters. The van der Waals surface area contributed by atoms with E-state index < -0.39 is 0 Å². The molecule has 0 N–H and O–H groups in total. The number of hydrogen-bond acceptors (Lipinski definition) is 2. The minimum absolute atomic E-state index is 0.872. The molecule has 0 aromatic carbocycles. The Balaban J connectivity index is 2.99. The maximum absolute atomic E-state index is 5.76. The molecule has 0 amide bonds. The lowest BCUT2D eigenvalue weighted by Gasteiger charge is -2.06. The molecule has 0 spiro atoms. The molecule has 0 fully saturated rings. The molecule has 0 saturated heterocycles. The molecule has 33 heavy (non-hydrogen) atoms. The van der Waals surface area contributed by atoms with Gasteiger partial charge in [0.2, 0.25) is 0 Å². The van der Waals surface area contributed by atoms with Crippen LogP contribution in [-0.4, -0.2) is 26.4 Å². The van der Waals surface area contributed by atoms with E-state index in [1.54, 1.807) is 0 Å². The van der Waals surface area contributed by atoms with Gasteiger partial charge < -0.3 is 9.47 Å². The van der Waals surface area contributed by atoms with Crippen molar-refractivity contribution in [2.75, 3.05) is 26.4 Å². The zero-order chi connectivity index (χ0) is 23.9. The van der Waals surface area contributed by atoms with Gasteiger partial charge in [-0.15, -0.1) is 0 Å². The number of rotatable bonds is 30. The van der Waals surface area contributed by atoms with E-state index in [-0.39, 0.29) is 0 Å². The highest BCUT2D eigenvalue weighted by atomic mass is 16.5. The van der Waals surface area contributed by atoms with Crippen LogP contribution in [0.5, 0.6) is 0 Å². The van der Waals surface area contributed by atoms with Crippen molar-refractivity contribution in [3.8, 4) is 0 Å². The number of unbranched alkanes of at least 4 members (excludes halogenated alkanes) is 22. The predicted octanol–water partition coefficient (Wildman–Crippen LogP) is 10.8. The van der Waals surface area contributed by atoms with E-state index in [9.17, 15) is 0 Å². The van der Waals surface area contributed by atoms with E-state index in [1.807, 2.05) is 0 Å². The van der Waals surface area contributed by atoms with Crippen LogP contribution >= 0.6 is 0 Å². The molecule has 0 aliphatic heterocycles. The monoisotopic (exact) mass is 468 g/mol. The van der Waals surface area contributed by atoms with Gasteiger partial charge >= 0.3 is 0 Å². The second kappa shape index (κ2) is 31.9. The van der Waals surface area contributed by atoms with Crippen molar-refractivity contribution in [2.45, 2.75) is 174 Å². The predicted molar refractivity (Wildman–Crippen MR) is 148 cm³/mol. The van der Waals surface area contributed by atoms with Crippen molar-refractivity contribution in [2.24, 2.45) is 0 Å². The maximum Gasteiger partial charge on any atom is 0.0487 e. The Morgan fingerprint density at radius 3 is 0.727 bits per heavy atom. The summed E-state index contributed by atoms with van der Waals surface area (Å²) in [4.78, 5) is 0. The third-order valence-corrected chi connectivity index (χ3v) is 6.86. The summed E-state index contributed by atoms with van der Waals surface area (Å²) < 4.78 is 11.5. The van der Waals surface area contributed by atoms with Gasteiger partial charge in [-0.05, 0) is 19.3 Å². The smallest absolute Gasteiger partial charge is 0.0487 e. The second-order valence-corrected chi connectivity index (χ2v) is 10.4. The topological polar surface area (TPSA) is 18.5 Å². The van der Waals surface area contributed by atoms with Gasteiger partial charge in [0.15, 0.2) is 0 Å². The van der Waals surface area contributed by atoms with E-state index >= 15 is 0 Å². The first-order chi connectivity index (χ1) is 16.4. The molecule has 0 aromatic heterocycles. The molecule has 0 aliphatic rings. The average Bonchev–Trinajstić information content (AvgIpc) is 2.83.